The molecule has 104 valence electrons. The van der Waals surface area contributed by atoms with E-state index in [9.17, 15) is 10.1 Å². The van der Waals surface area contributed by atoms with Crippen LogP contribution in [0.2, 0.25) is 10.0 Å². The smallest absolute Gasteiger partial charge is 0.296 e. The number of nitrogens with one attached hydrogen (secondary N) is 2. The maximum atomic E-state index is 10.9. The summed E-state index contributed by atoms with van der Waals surface area (Å²) in [6.45, 7) is 0. The van der Waals surface area contributed by atoms with Gasteiger partial charge in [-0.1, -0.05) is 23.2 Å². The van der Waals surface area contributed by atoms with Gasteiger partial charge in [0.25, 0.3) is 5.69 Å². The van der Waals surface area contributed by atoms with Crippen LogP contribution in [-0.2, 0) is 0 Å². The highest BCUT2D eigenvalue weighted by Crippen LogP contribution is 2.42. The number of anilines is 1. The monoisotopic (exact) mass is 378 g/mol. The van der Waals surface area contributed by atoms with Crippen molar-refractivity contribution in [1.82, 2.24) is 0 Å². The molecule has 11 heteroatoms. The van der Waals surface area contributed by atoms with E-state index in [-0.39, 0.29) is 20.2 Å². The molecule has 0 aliphatic carbocycles. The summed E-state index contributed by atoms with van der Waals surface area (Å²) in [5, 5.41) is 30.2. The largest absolute Gasteiger partial charge is 0.382 e. The number of benzene rings is 1. The van der Waals surface area contributed by atoms with E-state index in [1.54, 1.807) is 6.07 Å². The summed E-state index contributed by atoms with van der Waals surface area (Å²) in [6.07, 6.45) is 0. The number of nitrogens with zero attached hydrogens (tertiary/aromatic N) is 3. The van der Waals surface area contributed by atoms with Gasteiger partial charge in [0.2, 0.25) is 5.71 Å². The second kappa shape index (κ2) is 6.51. The molecule has 0 aliphatic rings. The zero-order valence-corrected chi connectivity index (χ0v) is 12.5. The molecule has 0 aliphatic heterocycles. The van der Waals surface area contributed by atoms with E-state index in [2.05, 4.69) is 26.5 Å². The molecule has 4 N–H and O–H groups in total. The van der Waals surface area contributed by atoms with Gasteiger partial charge in [-0.05, 0) is 15.9 Å². The van der Waals surface area contributed by atoms with E-state index < -0.39 is 22.2 Å². The molecule has 0 fully saturated rings. The Balaban J connectivity index is 3.38. The fourth-order valence-electron chi connectivity index (χ4n) is 1.09. The highest BCUT2D eigenvalue weighted by atomic mass is 79.9. The summed E-state index contributed by atoms with van der Waals surface area (Å²) < 4.78 is 0.1000. The van der Waals surface area contributed by atoms with Crippen LogP contribution in [0.4, 0.5) is 11.4 Å². The molecular formula is C9H5BrCl2N6O2. The van der Waals surface area contributed by atoms with Crippen molar-refractivity contribution in [3.05, 3.63) is 30.7 Å². The number of hydrogen-bond acceptors (Lipinski definition) is 6. The predicted octanol–water partition coefficient (Wildman–Crippen LogP) is 2.89. The second-order valence-electron chi connectivity index (χ2n) is 3.24. The van der Waals surface area contributed by atoms with Gasteiger partial charge < -0.3 is 5.73 Å². The van der Waals surface area contributed by atoms with E-state index in [0.29, 0.717) is 0 Å². The third-order valence-electron chi connectivity index (χ3n) is 1.98. The molecule has 0 saturated carbocycles. The summed E-state index contributed by atoms with van der Waals surface area (Å²) in [5.41, 5.74) is 6.42. The maximum absolute atomic E-state index is 10.9. The fraction of sp³-hybridized carbons (Fsp3) is 0. The van der Waals surface area contributed by atoms with Crippen LogP contribution in [-0.4, -0.2) is 16.5 Å². The van der Waals surface area contributed by atoms with Crippen molar-refractivity contribution in [3.63, 3.8) is 0 Å². The quantitative estimate of drug-likeness (QED) is 0.242. The van der Waals surface area contributed by atoms with Crippen LogP contribution in [0.15, 0.2) is 15.6 Å². The average Bonchev–Trinajstić information content (AvgIpc) is 2.38. The van der Waals surface area contributed by atoms with Crippen LogP contribution in [0.3, 0.4) is 0 Å². The number of nitrogens with two attached hydrogens (primary N) is 1. The minimum absolute atomic E-state index is 0.0214. The number of nitriles is 1. The lowest BCUT2D eigenvalue weighted by atomic mass is 10.3. The molecule has 0 saturated heterocycles. The zero-order chi connectivity index (χ0) is 15.4. The molecule has 8 nitrogen and oxygen atoms in total. The lowest BCUT2D eigenvalue weighted by Gasteiger charge is -2.08. The third kappa shape index (κ3) is 3.36. The number of hydrogen-bond donors (Lipinski definition) is 3. The van der Waals surface area contributed by atoms with Crippen molar-refractivity contribution in [1.29, 1.82) is 10.7 Å². The normalized spacial score (nSPS) is 10.8. The van der Waals surface area contributed by atoms with Gasteiger partial charge >= 0.3 is 0 Å². The lowest BCUT2D eigenvalue weighted by Crippen LogP contribution is -2.22. The SMILES string of the molecule is N#C/C(=N\Nc1c([N+](=O)[O-])cc(Cl)c(Cl)c1Br)C(=N)N. The van der Waals surface area contributed by atoms with Gasteiger partial charge in [-0.2, -0.15) is 10.4 Å². The fourth-order valence-corrected chi connectivity index (χ4v) is 2.06. The Hall–Kier alpha value is -1.89. The molecule has 0 atom stereocenters. The number of hydrazone groups is 1. The molecular weight excluding hydrogens is 375 g/mol. The van der Waals surface area contributed by atoms with Gasteiger partial charge in [-0.25, -0.2) is 0 Å². The Bertz CT molecular complexity index is 669. The van der Waals surface area contributed by atoms with E-state index in [1.807, 2.05) is 0 Å². The molecule has 1 rings (SSSR count). The first-order chi connectivity index (χ1) is 9.29. The van der Waals surface area contributed by atoms with E-state index in [4.69, 9.17) is 39.6 Å². The Morgan fingerprint density at radius 2 is 2.25 bits per heavy atom. The Kier molecular flexibility index (Phi) is 5.26. The summed E-state index contributed by atoms with van der Waals surface area (Å²) >= 11 is 14.6. The zero-order valence-electron chi connectivity index (χ0n) is 9.45. The minimum Gasteiger partial charge on any atom is -0.382 e. The van der Waals surface area contributed by atoms with Crippen molar-refractivity contribution in [2.24, 2.45) is 10.8 Å². The first-order valence-electron chi connectivity index (χ1n) is 4.69. The number of amidine groups is 1. The molecule has 0 amide bonds. The van der Waals surface area contributed by atoms with Crippen molar-refractivity contribution in [3.8, 4) is 6.07 Å². The van der Waals surface area contributed by atoms with Gasteiger partial charge in [0.15, 0.2) is 5.84 Å². The van der Waals surface area contributed by atoms with Crippen molar-refractivity contribution in [2.45, 2.75) is 0 Å². The number of nitro benzene ring substituents is 1. The van der Waals surface area contributed by atoms with E-state index >= 15 is 0 Å². The van der Waals surface area contributed by atoms with Crippen LogP contribution in [0.5, 0.6) is 0 Å². The van der Waals surface area contributed by atoms with Crippen molar-refractivity contribution >= 4 is 62.1 Å². The van der Waals surface area contributed by atoms with E-state index in [1.165, 1.54) is 0 Å². The molecule has 0 radical (unpaired) electrons. The average molecular weight is 380 g/mol. The van der Waals surface area contributed by atoms with Crippen LogP contribution < -0.4 is 11.2 Å². The molecule has 0 bridgehead atoms. The topological polar surface area (TPSA) is 141 Å². The molecule has 1 aromatic carbocycles. The van der Waals surface area contributed by atoms with Gasteiger partial charge in [0.05, 0.1) is 19.4 Å². The minimum atomic E-state index is -0.704. The maximum Gasteiger partial charge on any atom is 0.296 e. The van der Waals surface area contributed by atoms with Crippen LogP contribution in [0, 0.1) is 26.9 Å². The first kappa shape index (κ1) is 16.2. The number of nitro groups is 1. The summed E-state index contributed by atoms with van der Waals surface area (Å²) in [5.74, 6) is -0.584. The van der Waals surface area contributed by atoms with Gasteiger partial charge in [-0.3, -0.25) is 20.9 Å². The highest BCUT2D eigenvalue weighted by molar-refractivity contribution is 9.10. The summed E-state index contributed by atoms with van der Waals surface area (Å²) in [6, 6.07) is 2.59. The third-order valence-corrected chi connectivity index (χ3v) is 3.79. The van der Waals surface area contributed by atoms with Crippen LogP contribution in [0.1, 0.15) is 0 Å². The van der Waals surface area contributed by atoms with Crippen LogP contribution >= 0.6 is 39.1 Å². The van der Waals surface area contributed by atoms with Gasteiger partial charge in [0.1, 0.15) is 11.8 Å². The Labute approximate surface area is 130 Å². The number of rotatable bonds is 4. The summed E-state index contributed by atoms with van der Waals surface area (Å²) in [4.78, 5) is 10.2. The molecule has 0 spiro atoms. The van der Waals surface area contributed by atoms with Gasteiger partial charge in [-0.15, -0.1) is 0 Å². The molecule has 1 aromatic rings. The molecule has 0 aromatic heterocycles. The van der Waals surface area contributed by atoms with E-state index in [0.717, 1.165) is 6.07 Å². The standard InChI is InChI=1S/C9H5BrCl2N6O2/c10-6-7(12)3(11)1-5(18(19)20)8(6)17-16-4(2-13)9(14)15/h1,17H,(H3,14,15)/b16-4+. The van der Waals surface area contributed by atoms with Crippen molar-refractivity contribution < 1.29 is 4.92 Å². The Morgan fingerprint density at radius 3 is 2.70 bits per heavy atom. The molecule has 20 heavy (non-hydrogen) atoms. The first-order valence-corrected chi connectivity index (χ1v) is 6.24. The second-order valence-corrected chi connectivity index (χ2v) is 4.81. The molecule has 0 unspecified atom stereocenters. The van der Waals surface area contributed by atoms with Crippen LogP contribution in [0.25, 0.3) is 0 Å². The predicted molar refractivity (Wildman–Crippen MR) is 79.4 cm³/mol. The lowest BCUT2D eigenvalue weighted by molar-refractivity contribution is -0.384. The van der Waals surface area contributed by atoms with Gasteiger partial charge in [0, 0.05) is 6.07 Å². The molecule has 0 heterocycles. The Morgan fingerprint density at radius 1 is 1.65 bits per heavy atom. The van der Waals surface area contributed by atoms with Crippen molar-refractivity contribution in [2.75, 3.05) is 5.43 Å². The summed E-state index contributed by atoms with van der Waals surface area (Å²) in [7, 11) is 0. The number of halogens is 3. The highest BCUT2D eigenvalue weighted by Gasteiger charge is 2.22.